The molecule has 0 aliphatic rings. The number of nitrogens with zero attached hydrogens (tertiary/aromatic N) is 2. The number of carbonyl (C=O) groups excluding carboxylic acids is 1. The zero-order valence-corrected chi connectivity index (χ0v) is 15.8. The second-order valence-electron chi connectivity index (χ2n) is 6.05. The number of anilines is 1. The number of carbonyl (C=O) groups is 1. The molecule has 3 aromatic rings. The van der Waals surface area contributed by atoms with Crippen LogP contribution in [0, 0.1) is 13.8 Å². The monoisotopic (exact) mass is 367 g/mol. The van der Waals surface area contributed by atoms with Gasteiger partial charge in [0.05, 0.1) is 0 Å². The molecule has 0 spiro atoms. The van der Waals surface area contributed by atoms with E-state index in [0.717, 1.165) is 27.4 Å². The topological polar surface area (TPSA) is 64.1 Å². The molecule has 5 nitrogen and oxygen atoms in total. The molecule has 134 valence electrons. The van der Waals surface area contributed by atoms with E-state index in [0.29, 0.717) is 11.6 Å². The summed E-state index contributed by atoms with van der Waals surface area (Å²) in [7, 11) is 0. The van der Waals surface area contributed by atoms with E-state index in [-0.39, 0.29) is 5.91 Å². The Kier molecular flexibility index (Phi) is 5.63. The van der Waals surface area contributed by atoms with Gasteiger partial charge in [-0.05, 0) is 37.5 Å². The van der Waals surface area contributed by atoms with Crippen LogP contribution in [0.2, 0.25) is 0 Å². The number of aryl methyl sites for hydroxylation is 2. The highest BCUT2D eigenvalue weighted by Gasteiger charge is 2.21. The molecule has 3 rings (SSSR count). The fourth-order valence-electron chi connectivity index (χ4n) is 2.47. The molecule has 0 saturated heterocycles. The molecule has 1 heterocycles. The van der Waals surface area contributed by atoms with Crippen LogP contribution in [0.25, 0.3) is 10.6 Å². The van der Waals surface area contributed by atoms with Crippen molar-refractivity contribution in [3.63, 3.8) is 0 Å². The molecule has 0 radical (unpaired) electrons. The van der Waals surface area contributed by atoms with Gasteiger partial charge < -0.3 is 4.74 Å². The molecule has 0 fully saturated rings. The summed E-state index contributed by atoms with van der Waals surface area (Å²) in [6, 6.07) is 15.7. The maximum absolute atomic E-state index is 12.6. The van der Waals surface area contributed by atoms with Gasteiger partial charge in [0.15, 0.2) is 6.10 Å². The molecule has 1 atom stereocenters. The Hall–Kier alpha value is -2.73. The first-order chi connectivity index (χ1) is 12.6. The lowest BCUT2D eigenvalue weighted by Crippen LogP contribution is -2.32. The van der Waals surface area contributed by atoms with Gasteiger partial charge in [-0.25, -0.2) is 0 Å². The number of benzene rings is 2. The third kappa shape index (κ3) is 4.26. The van der Waals surface area contributed by atoms with Crippen molar-refractivity contribution in [3.8, 4) is 16.3 Å². The number of aromatic nitrogens is 2. The fraction of sp³-hybridized carbons (Fsp3) is 0.250. The normalized spacial score (nSPS) is 11.8. The van der Waals surface area contributed by atoms with E-state index in [1.165, 1.54) is 11.3 Å². The predicted molar refractivity (Wildman–Crippen MR) is 105 cm³/mol. The number of amides is 1. The first kappa shape index (κ1) is 18.1. The Morgan fingerprint density at radius 2 is 1.92 bits per heavy atom. The van der Waals surface area contributed by atoms with Gasteiger partial charge >= 0.3 is 0 Å². The van der Waals surface area contributed by atoms with Crippen LogP contribution in [-0.2, 0) is 4.79 Å². The molecule has 26 heavy (non-hydrogen) atoms. The summed E-state index contributed by atoms with van der Waals surface area (Å²) in [4.78, 5) is 12.6. The van der Waals surface area contributed by atoms with Crippen LogP contribution in [-0.4, -0.2) is 22.2 Å². The molecule has 0 unspecified atom stereocenters. The van der Waals surface area contributed by atoms with Crippen molar-refractivity contribution >= 4 is 22.4 Å². The fourth-order valence-corrected chi connectivity index (χ4v) is 3.22. The largest absolute Gasteiger partial charge is 0.480 e. The smallest absolute Gasteiger partial charge is 0.267 e. The zero-order chi connectivity index (χ0) is 18.5. The molecular formula is C20H21N3O2S. The molecule has 1 aromatic heterocycles. The Morgan fingerprint density at radius 3 is 2.65 bits per heavy atom. The third-order valence-corrected chi connectivity index (χ3v) is 4.84. The van der Waals surface area contributed by atoms with Gasteiger partial charge in [0.2, 0.25) is 5.13 Å². The standard InChI is InChI=1S/C20H21N3O2S/c1-4-16(25-17-12-13(2)10-11-14(17)3)18(24)21-20-23-22-19(26-20)15-8-6-5-7-9-15/h5-12,16H,4H2,1-3H3,(H,21,23,24)/t16-/m0/s1. The van der Waals surface area contributed by atoms with E-state index >= 15 is 0 Å². The van der Waals surface area contributed by atoms with Crippen molar-refractivity contribution in [2.45, 2.75) is 33.3 Å². The van der Waals surface area contributed by atoms with Crippen LogP contribution in [0.1, 0.15) is 24.5 Å². The molecule has 1 N–H and O–H groups in total. The van der Waals surface area contributed by atoms with Gasteiger partial charge in [-0.3, -0.25) is 10.1 Å². The third-order valence-electron chi connectivity index (χ3n) is 3.95. The van der Waals surface area contributed by atoms with Crippen LogP contribution < -0.4 is 10.1 Å². The van der Waals surface area contributed by atoms with Gasteiger partial charge in [0.1, 0.15) is 10.8 Å². The zero-order valence-electron chi connectivity index (χ0n) is 15.0. The number of rotatable bonds is 6. The van der Waals surface area contributed by atoms with E-state index in [1.54, 1.807) is 0 Å². The first-order valence-corrected chi connectivity index (χ1v) is 9.32. The van der Waals surface area contributed by atoms with Crippen molar-refractivity contribution in [3.05, 3.63) is 59.7 Å². The van der Waals surface area contributed by atoms with Gasteiger partial charge in [0, 0.05) is 5.56 Å². The van der Waals surface area contributed by atoms with E-state index < -0.39 is 6.10 Å². The molecular weight excluding hydrogens is 346 g/mol. The van der Waals surface area contributed by atoms with Crippen molar-refractivity contribution in [2.75, 3.05) is 5.32 Å². The van der Waals surface area contributed by atoms with E-state index in [9.17, 15) is 4.79 Å². The maximum Gasteiger partial charge on any atom is 0.267 e. The molecule has 0 saturated carbocycles. The second-order valence-corrected chi connectivity index (χ2v) is 7.03. The van der Waals surface area contributed by atoms with Crippen LogP contribution in [0.5, 0.6) is 5.75 Å². The summed E-state index contributed by atoms with van der Waals surface area (Å²) in [6.07, 6.45) is -0.0246. The Balaban J connectivity index is 1.70. The average molecular weight is 367 g/mol. The summed E-state index contributed by atoms with van der Waals surface area (Å²) in [5.74, 6) is 0.512. The quantitative estimate of drug-likeness (QED) is 0.690. The Morgan fingerprint density at radius 1 is 1.15 bits per heavy atom. The van der Waals surface area contributed by atoms with Crippen molar-refractivity contribution < 1.29 is 9.53 Å². The van der Waals surface area contributed by atoms with Gasteiger partial charge in [-0.2, -0.15) is 0 Å². The highest BCUT2D eigenvalue weighted by atomic mass is 32.1. The lowest BCUT2D eigenvalue weighted by atomic mass is 10.1. The van der Waals surface area contributed by atoms with E-state index in [2.05, 4.69) is 15.5 Å². The number of hydrogen-bond donors (Lipinski definition) is 1. The Labute approximate surface area is 157 Å². The van der Waals surface area contributed by atoms with Gasteiger partial charge in [-0.1, -0.05) is 60.7 Å². The molecule has 0 bridgehead atoms. The summed E-state index contributed by atoms with van der Waals surface area (Å²) in [5, 5.41) is 12.3. The number of hydrogen-bond acceptors (Lipinski definition) is 5. The van der Waals surface area contributed by atoms with Crippen molar-refractivity contribution in [1.82, 2.24) is 10.2 Å². The lowest BCUT2D eigenvalue weighted by molar-refractivity contribution is -0.122. The van der Waals surface area contributed by atoms with E-state index in [4.69, 9.17) is 4.74 Å². The number of ether oxygens (including phenoxy) is 1. The summed E-state index contributed by atoms with van der Waals surface area (Å²) in [6.45, 7) is 5.89. The second kappa shape index (κ2) is 8.10. The summed E-state index contributed by atoms with van der Waals surface area (Å²) in [5.41, 5.74) is 3.07. The summed E-state index contributed by atoms with van der Waals surface area (Å²) >= 11 is 1.34. The minimum atomic E-state index is -0.584. The van der Waals surface area contributed by atoms with Crippen LogP contribution in [0.3, 0.4) is 0 Å². The van der Waals surface area contributed by atoms with Crippen molar-refractivity contribution in [2.24, 2.45) is 0 Å². The maximum atomic E-state index is 12.6. The highest BCUT2D eigenvalue weighted by Crippen LogP contribution is 2.26. The predicted octanol–water partition coefficient (Wildman–Crippen LogP) is 4.62. The SMILES string of the molecule is CC[C@H](Oc1cc(C)ccc1C)C(=O)Nc1nnc(-c2ccccc2)s1. The molecule has 2 aromatic carbocycles. The number of nitrogens with one attached hydrogen (secondary N) is 1. The highest BCUT2D eigenvalue weighted by molar-refractivity contribution is 7.18. The van der Waals surface area contributed by atoms with Crippen LogP contribution >= 0.6 is 11.3 Å². The summed E-state index contributed by atoms with van der Waals surface area (Å²) < 4.78 is 5.95. The van der Waals surface area contributed by atoms with Gasteiger partial charge in [-0.15, -0.1) is 10.2 Å². The first-order valence-electron chi connectivity index (χ1n) is 8.50. The molecule has 0 aliphatic carbocycles. The van der Waals surface area contributed by atoms with Gasteiger partial charge in [0.25, 0.3) is 5.91 Å². The minimum Gasteiger partial charge on any atom is -0.480 e. The average Bonchev–Trinajstić information content (AvgIpc) is 3.11. The minimum absolute atomic E-state index is 0.218. The van der Waals surface area contributed by atoms with Crippen LogP contribution in [0.15, 0.2) is 48.5 Å². The molecule has 0 aliphatic heterocycles. The molecule has 6 heteroatoms. The molecule has 1 amide bonds. The Bertz CT molecular complexity index is 893. The van der Waals surface area contributed by atoms with Crippen molar-refractivity contribution in [1.29, 1.82) is 0 Å². The van der Waals surface area contributed by atoms with E-state index in [1.807, 2.05) is 69.3 Å². The van der Waals surface area contributed by atoms with Crippen LogP contribution in [0.4, 0.5) is 5.13 Å². The lowest BCUT2D eigenvalue weighted by Gasteiger charge is -2.18.